The number of fused-ring (bicyclic) bond motifs is 1. The molecule has 0 saturated carbocycles. The Kier molecular flexibility index (Phi) is 8.28. The van der Waals surface area contributed by atoms with Gasteiger partial charge in [0.2, 0.25) is 11.8 Å². The Morgan fingerprint density at radius 3 is 2.43 bits per heavy atom. The van der Waals surface area contributed by atoms with E-state index in [0.29, 0.717) is 45.3 Å². The van der Waals surface area contributed by atoms with Crippen LogP contribution in [-0.2, 0) is 25.7 Å². The first-order valence-electron chi connectivity index (χ1n) is 12.6. The van der Waals surface area contributed by atoms with Crippen molar-refractivity contribution < 1.29 is 23.9 Å². The second-order valence-corrected chi connectivity index (χ2v) is 9.90. The number of amides is 2. The average Bonchev–Trinajstić information content (AvgIpc) is 3.26. The van der Waals surface area contributed by atoms with Gasteiger partial charge in [0.15, 0.2) is 0 Å². The van der Waals surface area contributed by atoms with E-state index in [2.05, 4.69) is 22.2 Å². The van der Waals surface area contributed by atoms with E-state index in [-0.39, 0.29) is 41.8 Å². The van der Waals surface area contributed by atoms with Crippen LogP contribution in [-0.4, -0.2) is 98.1 Å². The molecular formula is C26H38N4O5. The monoisotopic (exact) mass is 486 g/mol. The Labute approximate surface area is 207 Å². The van der Waals surface area contributed by atoms with Crippen LogP contribution in [0.25, 0.3) is 0 Å². The zero-order chi connectivity index (χ0) is 24.9. The molecule has 0 aromatic heterocycles. The molecule has 2 amide bonds. The predicted octanol–water partition coefficient (Wildman–Crippen LogP) is 1.26. The van der Waals surface area contributed by atoms with Crippen molar-refractivity contribution >= 4 is 17.8 Å². The number of carbonyl (C=O) groups is 3. The van der Waals surface area contributed by atoms with Gasteiger partial charge < -0.3 is 19.7 Å². The zero-order valence-corrected chi connectivity index (χ0v) is 21.1. The minimum absolute atomic E-state index is 0.0755. The van der Waals surface area contributed by atoms with E-state index in [1.54, 1.807) is 7.11 Å². The van der Waals surface area contributed by atoms with Crippen LogP contribution < -0.4 is 10.1 Å². The van der Waals surface area contributed by atoms with Gasteiger partial charge in [0.05, 0.1) is 20.1 Å². The number of hydrogen-bond acceptors (Lipinski definition) is 7. The summed E-state index contributed by atoms with van der Waals surface area (Å²) in [6.45, 7) is 3.33. The van der Waals surface area contributed by atoms with Crippen LogP contribution in [0.2, 0.25) is 0 Å². The molecule has 35 heavy (non-hydrogen) atoms. The lowest BCUT2D eigenvalue weighted by Gasteiger charge is -2.34. The van der Waals surface area contributed by atoms with Crippen molar-refractivity contribution in [2.75, 3.05) is 47.4 Å². The number of esters is 1. The highest BCUT2D eigenvalue weighted by Gasteiger charge is 2.45. The Bertz CT molecular complexity index is 900. The fraction of sp³-hybridized carbons (Fsp3) is 0.654. The lowest BCUT2D eigenvalue weighted by molar-refractivity contribution is -0.149. The van der Waals surface area contributed by atoms with Crippen molar-refractivity contribution in [2.24, 2.45) is 5.92 Å². The molecule has 1 aromatic carbocycles. The number of nitrogens with one attached hydrogen (secondary N) is 1. The number of carbonyl (C=O) groups excluding carboxylic acids is 3. The summed E-state index contributed by atoms with van der Waals surface area (Å²) < 4.78 is 10.1. The molecule has 4 rings (SSSR count). The van der Waals surface area contributed by atoms with Gasteiger partial charge in [-0.1, -0.05) is 12.1 Å². The van der Waals surface area contributed by atoms with Crippen LogP contribution in [0, 0.1) is 5.92 Å². The number of rotatable bonds is 7. The predicted molar refractivity (Wildman–Crippen MR) is 131 cm³/mol. The number of ether oxygens (including phenoxy) is 2. The number of nitrogens with zero attached hydrogens (tertiary/aromatic N) is 3. The Morgan fingerprint density at radius 2 is 1.77 bits per heavy atom. The summed E-state index contributed by atoms with van der Waals surface area (Å²) in [6, 6.07) is 8.05. The molecule has 3 atom stereocenters. The normalized spacial score (nSPS) is 26.1. The summed E-state index contributed by atoms with van der Waals surface area (Å²) in [6.07, 6.45) is 3.39. The van der Waals surface area contributed by atoms with Crippen molar-refractivity contribution in [2.45, 2.75) is 56.8 Å². The smallest absolute Gasteiger partial charge is 0.308 e. The molecule has 1 N–H and O–H groups in total. The van der Waals surface area contributed by atoms with E-state index in [1.165, 1.54) is 7.11 Å². The van der Waals surface area contributed by atoms with Crippen LogP contribution in [0.5, 0.6) is 5.75 Å². The topological polar surface area (TPSA) is 91.4 Å². The Hall–Kier alpha value is -2.65. The number of methoxy groups -OCH3 is 2. The fourth-order valence-corrected chi connectivity index (χ4v) is 5.77. The number of benzene rings is 1. The molecule has 9 nitrogen and oxygen atoms in total. The molecular weight excluding hydrogens is 448 g/mol. The first-order valence-corrected chi connectivity index (χ1v) is 12.6. The number of likely N-dealkylation sites (N-methyl/N-ethyl adjacent to an activating group) is 1. The van der Waals surface area contributed by atoms with Crippen molar-refractivity contribution in [1.29, 1.82) is 0 Å². The number of hydrogen-bond donors (Lipinski definition) is 1. The standard InChI is InChI=1S/C26H38N4O5/c1-28-20(6-9-23(31)29-13-10-19(11-14-29)26(33)35-3)16-27-25(32)24-22(28)12-15-30(24)17-18-4-7-21(34-2)8-5-18/h4-5,7-8,19-20,22,24H,6,9-17H2,1-3H3,(H,27,32). The van der Waals surface area contributed by atoms with Crippen molar-refractivity contribution in [3.05, 3.63) is 29.8 Å². The second-order valence-electron chi connectivity index (χ2n) is 9.90. The van der Waals surface area contributed by atoms with Gasteiger partial charge in [-0.2, -0.15) is 0 Å². The maximum atomic E-state index is 13.1. The van der Waals surface area contributed by atoms with Crippen LogP contribution in [0.1, 0.15) is 37.7 Å². The van der Waals surface area contributed by atoms with Gasteiger partial charge in [-0.05, 0) is 50.4 Å². The summed E-state index contributed by atoms with van der Waals surface area (Å²) in [7, 11) is 5.16. The third kappa shape index (κ3) is 5.78. The Balaban J connectivity index is 1.31. The molecule has 3 saturated heterocycles. The van der Waals surface area contributed by atoms with Crippen molar-refractivity contribution in [3.8, 4) is 5.75 Å². The molecule has 3 fully saturated rings. The van der Waals surface area contributed by atoms with Gasteiger partial charge in [-0.25, -0.2) is 0 Å². The molecule has 3 heterocycles. The SMILES string of the molecule is COC(=O)C1CCN(C(=O)CCC2CNC(=O)C3C(CCN3Cc3ccc(OC)cc3)N2C)CC1. The maximum absolute atomic E-state index is 13.1. The summed E-state index contributed by atoms with van der Waals surface area (Å²) in [5, 5.41) is 3.14. The Morgan fingerprint density at radius 1 is 1.06 bits per heavy atom. The zero-order valence-electron chi connectivity index (χ0n) is 21.1. The molecule has 0 bridgehead atoms. The van der Waals surface area contributed by atoms with Gasteiger partial charge >= 0.3 is 5.97 Å². The highest BCUT2D eigenvalue weighted by Crippen LogP contribution is 2.29. The molecule has 3 unspecified atom stereocenters. The summed E-state index contributed by atoms with van der Waals surface area (Å²) >= 11 is 0. The molecule has 9 heteroatoms. The minimum atomic E-state index is -0.194. The van der Waals surface area contributed by atoms with Gasteiger partial charge in [0.25, 0.3) is 0 Å². The summed E-state index contributed by atoms with van der Waals surface area (Å²) in [5.74, 6) is 0.741. The summed E-state index contributed by atoms with van der Waals surface area (Å²) in [5.41, 5.74) is 1.16. The van der Waals surface area contributed by atoms with Crippen molar-refractivity contribution in [1.82, 2.24) is 20.0 Å². The quantitative estimate of drug-likeness (QED) is 0.580. The highest BCUT2D eigenvalue weighted by molar-refractivity contribution is 5.83. The van der Waals surface area contributed by atoms with Crippen LogP contribution in [0.15, 0.2) is 24.3 Å². The molecule has 3 aliphatic heterocycles. The molecule has 0 spiro atoms. The lowest BCUT2D eigenvalue weighted by Crippen LogP contribution is -2.49. The second kappa shape index (κ2) is 11.4. The van der Waals surface area contributed by atoms with E-state index >= 15 is 0 Å². The van der Waals surface area contributed by atoms with E-state index in [1.807, 2.05) is 29.2 Å². The molecule has 192 valence electrons. The fourth-order valence-electron chi connectivity index (χ4n) is 5.77. The van der Waals surface area contributed by atoms with Crippen molar-refractivity contribution in [3.63, 3.8) is 0 Å². The first kappa shape index (κ1) is 25.4. The third-order valence-electron chi connectivity index (χ3n) is 7.97. The van der Waals surface area contributed by atoms with Crippen LogP contribution >= 0.6 is 0 Å². The number of likely N-dealkylation sites (tertiary alicyclic amines) is 2. The molecule has 3 aliphatic rings. The number of piperidine rings is 1. The molecule has 1 aromatic rings. The summed E-state index contributed by atoms with van der Waals surface area (Å²) in [4.78, 5) is 44.1. The maximum Gasteiger partial charge on any atom is 0.308 e. The van der Waals surface area contributed by atoms with Crippen LogP contribution in [0.4, 0.5) is 0 Å². The largest absolute Gasteiger partial charge is 0.497 e. The van der Waals surface area contributed by atoms with Gasteiger partial charge in [0, 0.05) is 51.2 Å². The minimum Gasteiger partial charge on any atom is -0.497 e. The third-order valence-corrected chi connectivity index (χ3v) is 7.97. The van der Waals surface area contributed by atoms with Gasteiger partial charge in [-0.15, -0.1) is 0 Å². The lowest BCUT2D eigenvalue weighted by atomic mass is 9.96. The highest BCUT2D eigenvalue weighted by atomic mass is 16.5. The van der Waals surface area contributed by atoms with Crippen LogP contribution in [0.3, 0.4) is 0 Å². The van der Waals surface area contributed by atoms with E-state index in [4.69, 9.17) is 9.47 Å². The van der Waals surface area contributed by atoms with E-state index in [9.17, 15) is 14.4 Å². The van der Waals surface area contributed by atoms with Gasteiger partial charge in [-0.3, -0.25) is 24.2 Å². The van der Waals surface area contributed by atoms with Gasteiger partial charge in [0.1, 0.15) is 11.8 Å². The molecule has 0 radical (unpaired) electrons. The molecule has 0 aliphatic carbocycles. The average molecular weight is 487 g/mol. The van der Waals surface area contributed by atoms with E-state index in [0.717, 1.165) is 30.8 Å². The van der Waals surface area contributed by atoms with E-state index < -0.39 is 0 Å². The first-order chi connectivity index (χ1) is 16.9.